The summed E-state index contributed by atoms with van der Waals surface area (Å²) in [6.07, 6.45) is 1.96. The first kappa shape index (κ1) is 12.0. The summed E-state index contributed by atoms with van der Waals surface area (Å²) in [4.78, 5) is 3.20. The van der Waals surface area contributed by atoms with E-state index in [1.807, 2.05) is 42.9 Å². The smallest absolute Gasteiger partial charge is 0.182 e. The summed E-state index contributed by atoms with van der Waals surface area (Å²) in [6.45, 7) is 1.97. The van der Waals surface area contributed by atoms with E-state index in [-0.39, 0.29) is 0 Å². The monoisotopic (exact) mass is 274 g/mol. The van der Waals surface area contributed by atoms with Gasteiger partial charge in [-0.25, -0.2) is 0 Å². The highest BCUT2D eigenvalue weighted by atomic mass is 32.1. The molecule has 0 aliphatic carbocycles. The normalized spacial score (nSPS) is 11.1. The van der Waals surface area contributed by atoms with Gasteiger partial charge in [0, 0.05) is 13.2 Å². The van der Waals surface area contributed by atoms with Crippen LogP contribution in [-0.4, -0.2) is 26.4 Å². The molecule has 6 heteroatoms. The lowest BCUT2D eigenvalue weighted by atomic mass is 10.3. The molecule has 0 aliphatic heterocycles. The zero-order valence-electron chi connectivity index (χ0n) is 11.0. The highest BCUT2D eigenvalue weighted by molar-refractivity contribution is 7.71. The molecular weight excluding hydrogens is 260 g/mol. The Bertz CT molecular complexity index is 812. The molecule has 3 rings (SSSR count). The van der Waals surface area contributed by atoms with Gasteiger partial charge in [0.25, 0.3) is 0 Å². The van der Waals surface area contributed by atoms with Gasteiger partial charge in [-0.3, -0.25) is 9.25 Å². The molecule has 0 atom stereocenters. The molecule has 0 spiro atoms. The van der Waals surface area contributed by atoms with Crippen LogP contribution in [-0.2, 0) is 7.05 Å². The lowest BCUT2D eigenvalue weighted by Gasteiger charge is -2.03. The Hall–Kier alpha value is -2.08. The lowest BCUT2D eigenvalue weighted by molar-refractivity contribution is 0.419. The highest BCUT2D eigenvalue weighted by Gasteiger charge is 2.13. The van der Waals surface area contributed by atoms with Crippen LogP contribution in [0.1, 0.15) is 5.69 Å². The summed E-state index contributed by atoms with van der Waals surface area (Å²) in [5, 5.41) is 4.36. The molecule has 2 heterocycles. The van der Waals surface area contributed by atoms with E-state index < -0.39 is 0 Å². The molecule has 0 saturated heterocycles. The molecule has 0 aliphatic rings. The van der Waals surface area contributed by atoms with Crippen LogP contribution in [0.5, 0.6) is 5.75 Å². The standard InChI is InChI=1S/C13H14N4OS/c1-8-10(7-16(2)15-8)17-9-5-4-6-11(18-3)12(9)14-13(17)19/h4-7H,1-3H3,(H,14,19). The predicted molar refractivity (Wildman–Crippen MR) is 76.5 cm³/mol. The molecule has 5 nitrogen and oxygen atoms in total. The van der Waals surface area contributed by atoms with Gasteiger partial charge in [-0.2, -0.15) is 5.10 Å². The van der Waals surface area contributed by atoms with Gasteiger partial charge < -0.3 is 9.72 Å². The summed E-state index contributed by atoms with van der Waals surface area (Å²) < 4.78 is 9.76. The summed E-state index contributed by atoms with van der Waals surface area (Å²) >= 11 is 5.43. The number of H-pyrrole nitrogens is 1. The number of hydrogen-bond donors (Lipinski definition) is 1. The Labute approximate surface area is 115 Å². The maximum absolute atomic E-state index is 5.43. The molecule has 0 unspecified atom stereocenters. The number of methoxy groups -OCH3 is 1. The third-order valence-electron chi connectivity index (χ3n) is 3.13. The number of aromatic amines is 1. The minimum atomic E-state index is 0.635. The largest absolute Gasteiger partial charge is 0.494 e. The maximum Gasteiger partial charge on any atom is 0.182 e. The molecule has 19 heavy (non-hydrogen) atoms. The summed E-state index contributed by atoms with van der Waals surface area (Å²) in [7, 11) is 3.55. The Morgan fingerprint density at radius 1 is 1.37 bits per heavy atom. The fourth-order valence-electron chi connectivity index (χ4n) is 2.32. The van der Waals surface area contributed by atoms with Gasteiger partial charge in [0.15, 0.2) is 4.77 Å². The molecular formula is C13H14N4OS. The van der Waals surface area contributed by atoms with Gasteiger partial charge in [-0.05, 0) is 31.3 Å². The lowest BCUT2D eigenvalue weighted by Crippen LogP contribution is -1.94. The summed E-state index contributed by atoms with van der Waals surface area (Å²) in [5.74, 6) is 0.781. The Balaban J connectivity index is 2.39. The minimum Gasteiger partial charge on any atom is -0.494 e. The van der Waals surface area contributed by atoms with Crippen LogP contribution in [0.2, 0.25) is 0 Å². The highest BCUT2D eigenvalue weighted by Crippen LogP contribution is 2.27. The van der Waals surface area contributed by atoms with Crippen molar-refractivity contribution in [2.45, 2.75) is 6.92 Å². The molecule has 2 aromatic heterocycles. The molecule has 1 aromatic carbocycles. The predicted octanol–water partition coefficient (Wildman–Crippen LogP) is 2.74. The Kier molecular flexibility index (Phi) is 2.67. The second-order valence-corrected chi connectivity index (χ2v) is 4.78. The van der Waals surface area contributed by atoms with Crippen molar-refractivity contribution in [3.8, 4) is 11.4 Å². The first-order valence-corrected chi connectivity index (χ1v) is 6.31. The van der Waals surface area contributed by atoms with Crippen molar-refractivity contribution in [2.24, 2.45) is 7.05 Å². The second kappa shape index (κ2) is 4.24. The number of nitrogens with one attached hydrogen (secondary N) is 1. The van der Waals surface area contributed by atoms with Gasteiger partial charge in [0.05, 0.1) is 24.0 Å². The van der Waals surface area contributed by atoms with E-state index in [0.717, 1.165) is 28.2 Å². The fourth-order valence-corrected chi connectivity index (χ4v) is 2.62. The number of ether oxygens (including phenoxy) is 1. The maximum atomic E-state index is 5.43. The number of aryl methyl sites for hydroxylation is 2. The zero-order valence-corrected chi connectivity index (χ0v) is 11.8. The first-order chi connectivity index (χ1) is 9.11. The van der Waals surface area contributed by atoms with Gasteiger partial charge >= 0.3 is 0 Å². The number of para-hydroxylation sites is 1. The van der Waals surface area contributed by atoms with Gasteiger partial charge in [0.1, 0.15) is 11.3 Å². The summed E-state index contributed by atoms with van der Waals surface area (Å²) in [5.41, 5.74) is 3.80. The third-order valence-corrected chi connectivity index (χ3v) is 3.41. The van der Waals surface area contributed by atoms with Crippen LogP contribution < -0.4 is 4.74 Å². The average molecular weight is 274 g/mol. The number of rotatable bonds is 2. The minimum absolute atomic E-state index is 0.635. The van der Waals surface area contributed by atoms with Crippen molar-refractivity contribution in [3.05, 3.63) is 34.9 Å². The van der Waals surface area contributed by atoms with E-state index in [2.05, 4.69) is 10.1 Å². The van der Waals surface area contributed by atoms with E-state index >= 15 is 0 Å². The van der Waals surface area contributed by atoms with Crippen LogP contribution in [0.15, 0.2) is 24.4 Å². The molecule has 0 fully saturated rings. The molecule has 3 aromatic rings. The van der Waals surface area contributed by atoms with Crippen LogP contribution in [0.25, 0.3) is 16.7 Å². The van der Waals surface area contributed by atoms with Crippen molar-refractivity contribution in [1.29, 1.82) is 0 Å². The topological polar surface area (TPSA) is 47.8 Å². The van der Waals surface area contributed by atoms with Crippen molar-refractivity contribution in [3.63, 3.8) is 0 Å². The van der Waals surface area contributed by atoms with Gasteiger partial charge in [-0.15, -0.1) is 0 Å². The SMILES string of the molecule is COc1cccc2c1[nH]c(=S)n2-c1cn(C)nc1C. The molecule has 0 saturated carbocycles. The third kappa shape index (κ3) is 1.76. The number of aromatic nitrogens is 4. The van der Waals surface area contributed by atoms with Gasteiger partial charge in [-0.1, -0.05) is 6.07 Å². The second-order valence-electron chi connectivity index (χ2n) is 4.39. The molecule has 0 amide bonds. The number of benzene rings is 1. The number of imidazole rings is 1. The Morgan fingerprint density at radius 2 is 2.16 bits per heavy atom. The van der Waals surface area contributed by atoms with E-state index in [0.29, 0.717) is 4.77 Å². The van der Waals surface area contributed by atoms with E-state index in [1.165, 1.54) is 0 Å². The molecule has 0 bridgehead atoms. The van der Waals surface area contributed by atoms with E-state index in [4.69, 9.17) is 17.0 Å². The summed E-state index contributed by atoms with van der Waals surface area (Å²) in [6, 6.07) is 5.87. The fraction of sp³-hybridized carbons (Fsp3) is 0.231. The first-order valence-electron chi connectivity index (χ1n) is 5.90. The number of hydrogen-bond acceptors (Lipinski definition) is 3. The molecule has 0 radical (unpaired) electrons. The molecule has 1 N–H and O–H groups in total. The van der Waals surface area contributed by atoms with Crippen LogP contribution >= 0.6 is 12.2 Å². The quantitative estimate of drug-likeness (QED) is 0.731. The van der Waals surface area contributed by atoms with Crippen molar-refractivity contribution < 1.29 is 4.74 Å². The van der Waals surface area contributed by atoms with E-state index in [1.54, 1.807) is 11.8 Å². The Morgan fingerprint density at radius 3 is 2.79 bits per heavy atom. The van der Waals surface area contributed by atoms with Crippen LogP contribution in [0.4, 0.5) is 0 Å². The number of fused-ring (bicyclic) bond motifs is 1. The van der Waals surface area contributed by atoms with Crippen LogP contribution in [0, 0.1) is 11.7 Å². The number of nitrogens with zero attached hydrogens (tertiary/aromatic N) is 3. The van der Waals surface area contributed by atoms with Crippen molar-refractivity contribution in [1.82, 2.24) is 19.3 Å². The van der Waals surface area contributed by atoms with Gasteiger partial charge in [0.2, 0.25) is 0 Å². The average Bonchev–Trinajstić information content (AvgIpc) is 2.87. The zero-order chi connectivity index (χ0) is 13.6. The van der Waals surface area contributed by atoms with Crippen molar-refractivity contribution >= 4 is 23.3 Å². The molecule has 98 valence electrons. The van der Waals surface area contributed by atoms with E-state index in [9.17, 15) is 0 Å². The van der Waals surface area contributed by atoms with Crippen molar-refractivity contribution in [2.75, 3.05) is 7.11 Å². The van der Waals surface area contributed by atoms with Crippen LogP contribution in [0.3, 0.4) is 0 Å².